The van der Waals surface area contributed by atoms with Gasteiger partial charge in [0.25, 0.3) is 0 Å². The van der Waals surface area contributed by atoms with E-state index < -0.39 is 0 Å². The van der Waals surface area contributed by atoms with Crippen molar-refractivity contribution in [1.29, 1.82) is 0 Å². The summed E-state index contributed by atoms with van der Waals surface area (Å²) in [7, 11) is 0. The molecule has 2 atom stereocenters. The zero-order valence-corrected chi connectivity index (χ0v) is 12.8. The van der Waals surface area contributed by atoms with Gasteiger partial charge in [-0.2, -0.15) is 0 Å². The first-order valence-corrected chi connectivity index (χ1v) is 7.32. The normalized spacial score (nSPS) is 27.6. The highest BCUT2D eigenvalue weighted by atomic mass is 79.9. The first kappa shape index (κ1) is 14.3. The third kappa shape index (κ3) is 3.27. The molecule has 2 bridgehead atoms. The summed E-state index contributed by atoms with van der Waals surface area (Å²) in [5.74, 6) is 0. The lowest BCUT2D eigenvalue weighted by Gasteiger charge is -2.24. The van der Waals surface area contributed by atoms with Crippen LogP contribution in [0.3, 0.4) is 0 Å². The number of hydrogen-bond acceptors (Lipinski definition) is 2. The number of nitrogens with zero attached hydrogens (tertiary/aromatic N) is 1. The highest BCUT2D eigenvalue weighted by Gasteiger charge is 2.29. The molecule has 2 heterocycles. The quantitative estimate of drug-likeness (QED) is 0.895. The van der Waals surface area contributed by atoms with Crippen LogP contribution in [0.15, 0.2) is 28.7 Å². The molecular formula is C14H20BrClN2. The lowest BCUT2D eigenvalue weighted by Crippen LogP contribution is -2.35. The molecule has 1 aromatic carbocycles. The van der Waals surface area contributed by atoms with E-state index in [2.05, 4.69) is 50.4 Å². The lowest BCUT2D eigenvalue weighted by molar-refractivity contribution is 0.250. The zero-order chi connectivity index (χ0) is 11.7. The van der Waals surface area contributed by atoms with Gasteiger partial charge in [0.05, 0.1) is 0 Å². The van der Waals surface area contributed by atoms with E-state index in [9.17, 15) is 0 Å². The summed E-state index contributed by atoms with van der Waals surface area (Å²) in [5, 5.41) is 3.73. The third-order valence-electron chi connectivity index (χ3n) is 3.96. The van der Waals surface area contributed by atoms with E-state index in [1.807, 2.05) is 0 Å². The summed E-state index contributed by atoms with van der Waals surface area (Å²) >= 11 is 3.64. The average molecular weight is 332 g/mol. The van der Waals surface area contributed by atoms with Crippen LogP contribution in [0.2, 0.25) is 0 Å². The molecule has 2 saturated heterocycles. The Labute approximate surface area is 124 Å². The molecule has 0 radical (unpaired) electrons. The van der Waals surface area contributed by atoms with Crippen molar-refractivity contribution < 1.29 is 0 Å². The Morgan fingerprint density at radius 2 is 1.94 bits per heavy atom. The largest absolute Gasteiger partial charge is 0.310 e. The Morgan fingerprint density at radius 1 is 1.17 bits per heavy atom. The van der Waals surface area contributed by atoms with Gasteiger partial charge in [0.15, 0.2) is 0 Å². The molecule has 2 nitrogen and oxygen atoms in total. The predicted molar refractivity (Wildman–Crippen MR) is 81.2 cm³/mol. The average Bonchev–Trinajstić information content (AvgIpc) is 2.65. The predicted octanol–water partition coefficient (Wildman–Crippen LogP) is 3.20. The topological polar surface area (TPSA) is 15.3 Å². The second-order valence-corrected chi connectivity index (χ2v) is 6.11. The van der Waals surface area contributed by atoms with Gasteiger partial charge in [-0.1, -0.05) is 34.1 Å². The lowest BCUT2D eigenvalue weighted by atomic mass is 10.1. The molecule has 0 aromatic heterocycles. The number of halogens is 2. The Kier molecular flexibility index (Phi) is 5.07. The highest BCUT2D eigenvalue weighted by Crippen LogP contribution is 2.23. The van der Waals surface area contributed by atoms with Crippen molar-refractivity contribution in [2.75, 3.05) is 13.1 Å². The molecule has 2 fully saturated rings. The first-order valence-electron chi connectivity index (χ1n) is 6.53. The van der Waals surface area contributed by atoms with E-state index in [4.69, 9.17) is 0 Å². The summed E-state index contributed by atoms with van der Waals surface area (Å²) < 4.78 is 1.24. The van der Waals surface area contributed by atoms with Crippen LogP contribution in [0.25, 0.3) is 0 Å². The molecule has 2 aliphatic heterocycles. The number of hydrogen-bond donors (Lipinski definition) is 1. The summed E-state index contributed by atoms with van der Waals surface area (Å²) in [4.78, 5) is 2.59. The number of fused-ring (bicyclic) bond motifs is 2. The molecule has 18 heavy (non-hydrogen) atoms. The minimum atomic E-state index is 0. The molecule has 2 aliphatic rings. The van der Waals surface area contributed by atoms with Crippen LogP contribution in [0.1, 0.15) is 24.8 Å². The fourth-order valence-corrected chi connectivity index (χ4v) is 3.44. The molecule has 0 saturated carbocycles. The SMILES string of the molecule is Brc1ccccc1CN1CCC2CCC(C1)N2.Cl. The van der Waals surface area contributed by atoms with Gasteiger partial charge in [-0.05, 0) is 30.9 Å². The van der Waals surface area contributed by atoms with Crippen LogP contribution in [0, 0.1) is 0 Å². The van der Waals surface area contributed by atoms with Crippen LogP contribution in [0.5, 0.6) is 0 Å². The van der Waals surface area contributed by atoms with Crippen molar-refractivity contribution in [1.82, 2.24) is 10.2 Å². The van der Waals surface area contributed by atoms with Gasteiger partial charge < -0.3 is 5.32 Å². The van der Waals surface area contributed by atoms with Gasteiger partial charge >= 0.3 is 0 Å². The maximum atomic E-state index is 3.73. The van der Waals surface area contributed by atoms with E-state index in [0.29, 0.717) is 0 Å². The number of nitrogens with one attached hydrogen (secondary N) is 1. The number of rotatable bonds is 2. The molecule has 0 spiro atoms. The van der Waals surface area contributed by atoms with Crippen LogP contribution in [0.4, 0.5) is 0 Å². The van der Waals surface area contributed by atoms with E-state index in [1.54, 1.807) is 0 Å². The van der Waals surface area contributed by atoms with Crippen LogP contribution >= 0.6 is 28.3 Å². The number of benzene rings is 1. The van der Waals surface area contributed by atoms with Crippen molar-refractivity contribution in [3.8, 4) is 0 Å². The molecular weight excluding hydrogens is 312 g/mol. The summed E-state index contributed by atoms with van der Waals surface area (Å²) in [6, 6.07) is 10.1. The van der Waals surface area contributed by atoms with Crippen LogP contribution < -0.4 is 5.32 Å². The Morgan fingerprint density at radius 3 is 2.78 bits per heavy atom. The fraction of sp³-hybridized carbons (Fsp3) is 0.571. The van der Waals surface area contributed by atoms with Gasteiger partial charge in [-0.25, -0.2) is 0 Å². The van der Waals surface area contributed by atoms with Gasteiger partial charge in [-0.15, -0.1) is 12.4 Å². The maximum absolute atomic E-state index is 3.73. The fourth-order valence-electron chi connectivity index (χ4n) is 3.03. The maximum Gasteiger partial charge on any atom is 0.0245 e. The Bertz CT molecular complexity index is 399. The Hall–Kier alpha value is -0.0900. The van der Waals surface area contributed by atoms with E-state index >= 15 is 0 Å². The second kappa shape index (κ2) is 6.38. The van der Waals surface area contributed by atoms with Crippen LogP contribution in [-0.2, 0) is 6.54 Å². The molecule has 100 valence electrons. The minimum Gasteiger partial charge on any atom is -0.310 e. The summed E-state index contributed by atoms with van der Waals surface area (Å²) in [5.41, 5.74) is 1.41. The molecule has 1 N–H and O–H groups in total. The number of likely N-dealkylation sites (tertiary alicyclic amines) is 1. The molecule has 3 rings (SSSR count). The zero-order valence-electron chi connectivity index (χ0n) is 10.4. The van der Waals surface area contributed by atoms with Crippen molar-refractivity contribution >= 4 is 28.3 Å². The van der Waals surface area contributed by atoms with E-state index in [-0.39, 0.29) is 12.4 Å². The first-order chi connectivity index (χ1) is 8.31. The van der Waals surface area contributed by atoms with Gasteiger partial charge in [-0.3, -0.25) is 4.90 Å². The monoisotopic (exact) mass is 330 g/mol. The smallest absolute Gasteiger partial charge is 0.0245 e. The summed E-state index contributed by atoms with van der Waals surface area (Å²) in [6.07, 6.45) is 4.05. The van der Waals surface area contributed by atoms with Crippen molar-refractivity contribution in [2.45, 2.75) is 37.9 Å². The van der Waals surface area contributed by atoms with Crippen molar-refractivity contribution in [2.24, 2.45) is 0 Å². The van der Waals surface area contributed by atoms with Gasteiger partial charge in [0.1, 0.15) is 0 Å². The minimum absolute atomic E-state index is 0. The van der Waals surface area contributed by atoms with Gasteiger partial charge in [0.2, 0.25) is 0 Å². The second-order valence-electron chi connectivity index (χ2n) is 5.25. The molecule has 1 aromatic rings. The molecule has 0 amide bonds. The van der Waals surface area contributed by atoms with E-state index in [0.717, 1.165) is 18.6 Å². The van der Waals surface area contributed by atoms with Crippen LogP contribution in [-0.4, -0.2) is 30.1 Å². The molecule has 4 heteroatoms. The third-order valence-corrected chi connectivity index (χ3v) is 4.73. The van der Waals surface area contributed by atoms with Gasteiger partial charge in [0, 0.05) is 36.2 Å². The van der Waals surface area contributed by atoms with Crippen molar-refractivity contribution in [3.63, 3.8) is 0 Å². The summed E-state index contributed by atoms with van der Waals surface area (Å²) in [6.45, 7) is 3.51. The highest BCUT2D eigenvalue weighted by molar-refractivity contribution is 9.10. The molecule has 0 aliphatic carbocycles. The van der Waals surface area contributed by atoms with Crippen molar-refractivity contribution in [3.05, 3.63) is 34.3 Å². The van der Waals surface area contributed by atoms with E-state index in [1.165, 1.54) is 42.4 Å². The Balaban J connectivity index is 0.00000120. The molecule has 2 unspecified atom stereocenters. The standard InChI is InChI=1S/C14H19BrN2.ClH/c15-14-4-2-1-3-11(14)9-17-8-7-12-5-6-13(10-17)16-12;/h1-4,12-13,16H,5-10H2;1H.